The quantitative estimate of drug-likeness (QED) is 0.831. The van der Waals surface area contributed by atoms with Crippen LogP contribution in [0.5, 0.6) is 5.75 Å². The van der Waals surface area contributed by atoms with Crippen molar-refractivity contribution in [3.8, 4) is 5.75 Å². The van der Waals surface area contributed by atoms with Crippen LogP contribution in [0.3, 0.4) is 0 Å². The number of benzene rings is 1. The van der Waals surface area contributed by atoms with Crippen molar-refractivity contribution in [1.29, 1.82) is 0 Å². The van der Waals surface area contributed by atoms with Gasteiger partial charge in [-0.3, -0.25) is 4.79 Å². The number of rotatable bonds is 6. The molecule has 0 radical (unpaired) electrons. The molecule has 1 atom stereocenters. The molecule has 1 aromatic carbocycles. The molecule has 7 heteroatoms. The molecule has 7 nitrogen and oxygen atoms in total. The Hall–Kier alpha value is -2.41. The van der Waals surface area contributed by atoms with E-state index in [2.05, 4.69) is 22.3 Å². The number of aliphatic hydroxyl groups is 1. The maximum atomic E-state index is 12.7. The van der Waals surface area contributed by atoms with Crippen molar-refractivity contribution in [3.63, 3.8) is 0 Å². The van der Waals surface area contributed by atoms with Crippen molar-refractivity contribution in [1.82, 2.24) is 20.3 Å². The second kappa shape index (κ2) is 7.65. The predicted octanol–water partition coefficient (Wildman–Crippen LogP) is 1.65. The fraction of sp³-hybridized carbons (Fsp3) is 0.500. The average Bonchev–Trinajstić information content (AvgIpc) is 3.16. The van der Waals surface area contributed by atoms with Gasteiger partial charge in [-0.25, -0.2) is 0 Å². The summed E-state index contributed by atoms with van der Waals surface area (Å²) in [5.41, 5.74) is 0.265. The Morgan fingerprint density at radius 1 is 1.48 bits per heavy atom. The van der Waals surface area contributed by atoms with Crippen molar-refractivity contribution < 1.29 is 14.6 Å². The number of nitrogens with one attached hydrogen (secondary N) is 1. The van der Waals surface area contributed by atoms with Gasteiger partial charge in [-0.15, -0.1) is 0 Å². The molecule has 1 saturated heterocycles. The first-order chi connectivity index (χ1) is 12.1. The predicted molar refractivity (Wildman–Crippen MR) is 92.0 cm³/mol. The molecular weight excluding hydrogens is 320 g/mol. The summed E-state index contributed by atoms with van der Waals surface area (Å²) in [5.74, 6) is 0.777. The van der Waals surface area contributed by atoms with Crippen LogP contribution in [0.1, 0.15) is 37.4 Å². The van der Waals surface area contributed by atoms with Gasteiger partial charge >= 0.3 is 0 Å². The van der Waals surface area contributed by atoms with E-state index in [4.69, 9.17) is 4.74 Å². The second-order valence-electron chi connectivity index (χ2n) is 6.48. The fourth-order valence-corrected chi connectivity index (χ4v) is 3.14. The van der Waals surface area contributed by atoms with E-state index in [1.807, 2.05) is 24.3 Å². The molecule has 0 unspecified atom stereocenters. The van der Waals surface area contributed by atoms with Crippen LogP contribution in [0.2, 0.25) is 0 Å². The zero-order valence-corrected chi connectivity index (χ0v) is 14.4. The minimum atomic E-state index is -1.13. The maximum absolute atomic E-state index is 12.7. The summed E-state index contributed by atoms with van der Waals surface area (Å²) < 4.78 is 5.62. The Balaban J connectivity index is 1.65. The largest absolute Gasteiger partial charge is 0.494 e. The van der Waals surface area contributed by atoms with Gasteiger partial charge in [0.2, 0.25) is 5.91 Å². The normalized spacial score (nSPS) is 20.5. The molecule has 2 N–H and O–H groups in total. The van der Waals surface area contributed by atoms with Gasteiger partial charge in [0.05, 0.1) is 25.8 Å². The highest BCUT2D eigenvalue weighted by molar-refractivity contribution is 5.79. The van der Waals surface area contributed by atoms with Gasteiger partial charge in [-0.1, -0.05) is 19.1 Å². The van der Waals surface area contributed by atoms with Crippen molar-refractivity contribution >= 4 is 5.91 Å². The lowest BCUT2D eigenvalue weighted by Gasteiger charge is -2.38. The molecule has 0 saturated carbocycles. The lowest BCUT2D eigenvalue weighted by Crippen LogP contribution is -2.49. The molecule has 25 heavy (non-hydrogen) atoms. The zero-order chi connectivity index (χ0) is 17.7. The van der Waals surface area contributed by atoms with Crippen LogP contribution in [0.25, 0.3) is 0 Å². The number of hydrogen-bond acceptors (Lipinski definition) is 5. The molecule has 0 spiro atoms. The SMILES string of the molecule is CCCOc1cccc(CC(=O)N2CCC[C@](O)(c3cn[nH]n3)C2)c1. The van der Waals surface area contributed by atoms with E-state index in [1.54, 1.807) is 4.90 Å². The number of H-pyrrole nitrogens is 1. The van der Waals surface area contributed by atoms with Crippen LogP contribution in [0.15, 0.2) is 30.5 Å². The molecule has 1 aliphatic heterocycles. The van der Waals surface area contributed by atoms with Crippen LogP contribution in [-0.4, -0.2) is 51.0 Å². The first-order valence-corrected chi connectivity index (χ1v) is 8.69. The third-order valence-corrected chi connectivity index (χ3v) is 4.44. The molecule has 1 fully saturated rings. The summed E-state index contributed by atoms with van der Waals surface area (Å²) in [6.45, 7) is 3.60. The molecule has 1 aliphatic rings. The van der Waals surface area contributed by atoms with Gasteiger partial charge in [0.25, 0.3) is 0 Å². The van der Waals surface area contributed by atoms with E-state index in [-0.39, 0.29) is 18.9 Å². The van der Waals surface area contributed by atoms with Gasteiger partial charge < -0.3 is 14.7 Å². The monoisotopic (exact) mass is 344 g/mol. The molecule has 0 aliphatic carbocycles. The Morgan fingerprint density at radius 3 is 3.12 bits per heavy atom. The Labute approximate surface area is 147 Å². The number of nitrogens with zero attached hydrogens (tertiary/aromatic N) is 3. The number of aromatic amines is 1. The van der Waals surface area contributed by atoms with Crippen LogP contribution >= 0.6 is 0 Å². The van der Waals surface area contributed by atoms with Gasteiger partial charge in [-0.05, 0) is 37.0 Å². The lowest BCUT2D eigenvalue weighted by atomic mass is 9.89. The van der Waals surface area contributed by atoms with Crippen LogP contribution in [0, 0.1) is 0 Å². The Bertz CT molecular complexity index is 704. The lowest BCUT2D eigenvalue weighted by molar-refractivity contribution is -0.138. The number of carbonyl (C=O) groups excluding carboxylic acids is 1. The van der Waals surface area contributed by atoms with E-state index < -0.39 is 5.60 Å². The molecule has 134 valence electrons. The molecule has 2 heterocycles. The maximum Gasteiger partial charge on any atom is 0.227 e. The van der Waals surface area contributed by atoms with E-state index in [0.29, 0.717) is 25.3 Å². The van der Waals surface area contributed by atoms with E-state index >= 15 is 0 Å². The third kappa shape index (κ3) is 4.17. The van der Waals surface area contributed by atoms with Gasteiger partial charge in [-0.2, -0.15) is 15.4 Å². The first-order valence-electron chi connectivity index (χ1n) is 8.69. The number of carbonyl (C=O) groups is 1. The van der Waals surface area contributed by atoms with Gasteiger partial charge in [0.15, 0.2) is 0 Å². The van der Waals surface area contributed by atoms with Gasteiger partial charge in [0, 0.05) is 6.54 Å². The number of amides is 1. The Kier molecular flexibility index (Phi) is 5.33. The van der Waals surface area contributed by atoms with E-state index in [0.717, 1.165) is 24.2 Å². The topological polar surface area (TPSA) is 91.3 Å². The highest BCUT2D eigenvalue weighted by Crippen LogP contribution is 2.30. The smallest absolute Gasteiger partial charge is 0.227 e. The zero-order valence-electron chi connectivity index (χ0n) is 14.4. The molecule has 1 amide bonds. The first kappa shape index (κ1) is 17.4. The Morgan fingerprint density at radius 2 is 2.36 bits per heavy atom. The summed E-state index contributed by atoms with van der Waals surface area (Å²) in [6, 6.07) is 7.62. The number of hydrogen-bond donors (Lipinski definition) is 2. The highest BCUT2D eigenvalue weighted by atomic mass is 16.5. The van der Waals surface area contributed by atoms with Crippen molar-refractivity contribution in [2.45, 2.75) is 38.2 Å². The number of ether oxygens (including phenoxy) is 1. The van der Waals surface area contributed by atoms with E-state index in [9.17, 15) is 9.90 Å². The van der Waals surface area contributed by atoms with Crippen molar-refractivity contribution in [3.05, 3.63) is 41.7 Å². The number of likely N-dealkylation sites (tertiary alicyclic amines) is 1. The summed E-state index contributed by atoms with van der Waals surface area (Å²) in [5, 5.41) is 21.1. The van der Waals surface area contributed by atoms with Crippen LogP contribution < -0.4 is 4.74 Å². The van der Waals surface area contributed by atoms with Crippen molar-refractivity contribution in [2.75, 3.05) is 19.7 Å². The third-order valence-electron chi connectivity index (χ3n) is 4.44. The average molecular weight is 344 g/mol. The highest BCUT2D eigenvalue weighted by Gasteiger charge is 2.38. The molecule has 0 bridgehead atoms. The number of piperidine rings is 1. The summed E-state index contributed by atoms with van der Waals surface area (Å²) >= 11 is 0. The standard InChI is InChI=1S/C18H24N4O3/c1-2-9-25-15-6-3-5-14(10-15)11-17(23)22-8-4-7-18(24,13-22)16-12-19-21-20-16/h3,5-6,10,12,24H,2,4,7-9,11,13H2,1H3,(H,19,20,21)/t18-/m1/s1. The molecule has 3 rings (SSSR count). The summed E-state index contributed by atoms with van der Waals surface area (Å²) in [7, 11) is 0. The fourth-order valence-electron chi connectivity index (χ4n) is 3.14. The molecule has 1 aromatic heterocycles. The molecule has 2 aromatic rings. The number of aromatic nitrogens is 3. The van der Waals surface area contributed by atoms with E-state index in [1.165, 1.54) is 6.20 Å². The van der Waals surface area contributed by atoms with Crippen LogP contribution in [0.4, 0.5) is 0 Å². The van der Waals surface area contributed by atoms with Crippen LogP contribution in [-0.2, 0) is 16.8 Å². The second-order valence-corrected chi connectivity index (χ2v) is 6.48. The number of β-amino-alcohol motifs (C(OH)–C–C–N with tert-alkyl or cyclic N) is 1. The minimum absolute atomic E-state index is 0.00531. The minimum Gasteiger partial charge on any atom is -0.494 e. The molecular formula is C18H24N4O3. The summed E-state index contributed by atoms with van der Waals surface area (Å²) in [4.78, 5) is 14.4. The summed E-state index contributed by atoms with van der Waals surface area (Å²) in [6.07, 6.45) is 4.05. The van der Waals surface area contributed by atoms with Gasteiger partial charge in [0.1, 0.15) is 17.0 Å². The van der Waals surface area contributed by atoms with Crippen molar-refractivity contribution in [2.24, 2.45) is 0 Å².